The predicted octanol–water partition coefficient (Wildman–Crippen LogP) is 1.35. The monoisotopic (exact) mass is 407 g/mol. The molecule has 0 bridgehead atoms. The highest BCUT2D eigenvalue weighted by molar-refractivity contribution is 6.05. The van der Waals surface area contributed by atoms with Gasteiger partial charge in [-0.05, 0) is 55.1 Å². The molecule has 0 saturated carbocycles. The van der Waals surface area contributed by atoms with Gasteiger partial charge in [-0.1, -0.05) is 18.2 Å². The summed E-state index contributed by atoms with van der Waals surface area (Å²) in [5.74, 6) is -0.0380. The maximum Gasteiger partial charge on any atom is 0.255 e. The summed E-state index contributed by atoms with van der Waals surface area (Å²) in [5.41, 5.74) is 9.11. The van der Waals surface area contributed by atoms with Crippen molar-refractivity contribution >= 4 is 23.5 Å². The van der Waals surface area contributed by atoms with Gasteiger partial charge in [0.05, 0.1) is 0 Å². The van der Waals surface area contributed by atoms with Crippen molar-refractivity contribution in [3.8, 4) is 0 Å². The van der Waals surface area contributed by atoms with Gasteiger partial charge in [-0.2, -0.15) is 0 Å². The van der Waals surface area contributed by atoms with Crippen LogP contribution >= 0.6 is 0 Å². The van der Waals surface area contributed by atoms with E-state index in [1.807, 2.05) is 36.4 Å². The van der Waals surface area contributed by atoms with Gasteiger partial charge in [0.1, 0.15) is 11.9 Å². The average Bonchev–Trinajstić information content (AvgIpc) is 3.07. The van der Waals surface area contributed by atoms with E-state index in [-0.39, 0.29) is 18.2 Å². The molecule has 4 N–H and O–H groups in total. The van der Waals surface area contributed by atoms with Crippen LogP contribution in [-0.4, -0.2) is 40.2 Å². The first-order valence-electron chi connectivity index (χ1n) is 10.2. The molecule has 1 aromatic heterocycles. The molecule has 2 aliphatic rings. The molecule has 1 fully saturated rings. The Bertz CT molecular complexity index is 990. The normalized spacial score (nSPS) is 18.4. The summed E-state index contributed by atoms with van der Waals surface area (Å²) in [4.78, 5) is 42.5. The zero-order chi connectivity index (χ0) is 21.1. The second kappa shape index (κ2) is 8.62. The van der Waals surface area contributed by atoms with Crippen molar-refractivity contribution in [2.75, 3.05) is 11.9 Å². The lowest BCUT2D eigenvalue weighted by Gasteiger charge is -2.29. The molecule has 8 heteroatoms. The molecular weight excluding hydrogens is 382 g/mol. The fraction of sp³-hybridized carbons (Fsp3) is 0.364. The van der Waals surface area contributed by atoms with Gasteiger partial charge < -0.3 is 16.0 Å². The van der Waals surface area contributed by atoms with Crippen LogP contribution in [0.1, 0.15) is 46.4 Å². The lowest BCUT2D eigenvalue weighted by Crippen LogP contribution is -2.52. The third-order valence-corrected chi connectivity index (χ3v) is 5.51. The number of nitrogens with one attached hydrogen (secondary N) is 2. The largest absolute Gasteiger partial charge is 0.366 e. The topological polar surface area (TPSA) is 117 Å². The molecule has 156 valence electrons. The maximum absolute atomic E-state index is 12.8. The van der Waals surface area contributed by atoms with Crippen LogP contribution in [0.15, 0.2) is 36.4 Å². The van der Waals surface area contributed by atoms with E-state index in [1.54, 1.807) is 4.90 Å². The Kier molecular flexibility index (Phi) is 5.76. The number of hydrogen-bond acceptors (Lipinski definition) is 6. The quantitative estimate of drug-likeness (QED) is 0.597. The van der Waals surface area contributed by atoms with Crippen LogP contribution in [0.3, 0.4) is 0 Å². The summed E-state index contributed by atoms with van der Waals surface area (Å²) < 4.78 is 0. The van der Waals surface area contributed by atoms with E-state index in [9.17, 15) is 14.4 Å². The fourth-order valence-electron chi connectivity index (χ4n) is 3.93. The maximum atomic E-state index is 12.8. The standard InChI is InChI=1S/C22H25N5O3/c23-10-2-4-16-3-1-5-19(25-16)24-12-14-6-7-17-15(11-14)13-27(22(17)30)18-8-9-20(28)26-21(18)29/h1,3,5-7,11,18H,2,4,8-10,12-13,23H2,(H,24,25)(H,26,28,29). The second-order valence-electron chi connectivity index (χ2n) is 7.65. The molecule has 0 spiro atoms. The lowest BCUT2D eigenvalue weighted by molar-refractivity contribution is -0.136. The van der Waals surface area contributed by atoms with Crippen molar-refractivity contribution in [2.45, 2.75) is 44.8 Å². The van der Waals surface area contributed by atoms with E-state index in [1.165, 1.54) is 0 Å². The van der Waals surface area contributed by atoms with Crippen molar-refractivity contribution in [2.24, 2.45) is 5.73 Å². The number of aryl methyl sites for hydroxylation is 1. The molecule has 1 saturated heterocycles. The SMILES string of the molecule is NCCCc1cccc(NCc2ccc3c(c2)CN(C2CCC(=O)NC2=O)C3=O)n1. The van der Waals surface area contributed by atoms with E-state index >= 15 is 0 Å². The molecule has 2 aliphatic heterocycles. The molecule has 0 radical (unpaired) electrons. The van der Waals surface area contributed by atoms with Crippen molar-refractivity contribution in [3.05, 3.63) is 58.8 Å². The number of hydrogen-bond donors (Lipinski definition) is 3. The highest BCUT2D eigenvalue weighted by Crippen LogP contribution is 2.28. The van der Waals surface area contributed by atoms with E-state index in [0.29, 0.717) is 31.6 Å². The molecule has 3 heterocycles. The van der Waals surface area contributed by atoms with Gasteiger partial charge in [0.25, 0.3) is 5.91 Å². The fourth-order valence-corrected chi connectivity index (χ4v) is 3.93. The molecule has 30 heavy (non-hydrogen) atoms. The van der Waals surface area contributed by atoms with Gasteiger partial charge in [-0.15, -0.1) is 0 Å². The third-order valence-electron chi connectivity index (χ3n) is 5.51. The van der Waals surface area contributed by atoms with Crippen LogP contribution in [-0.2, 0) is 29.1 Å². The number of aromatic nitrogens is 1. The van der Waals surface area contributed by atoms with Crippen LogP contribution in [0.2, 0.25) is 0 Å². The van der Waals surface area contributed by atoms with E-state index in [0.717, 1.165) is 35.5 Å². The second-order valence-corrected chi connectivity index (χ2v) is 7.65. The van der Waals surface area contributed by atoms with Gasteiger partial charge in [0.15, 0.2) is 0 Å². The van der Waals surface area contributed by atoms with Crippen LogP contribution in [0.4, 0.5) is 5.82 Å². The Morgan fingerprint density at radius 2 is 2.07 bits per heavy atom. The number of rotatable bonds is 7. The number of anilines is 1. The molecular formula is C22H25N5O3. The summed E-state index contributed by atoms with van der Waals surface area (Å²) in [6.45, 7) is 1.59. The zero-order valence-electron chi connectivity index (χ0n) is 16.7. The molecule has 1 aromatic carbocycles. The summed E-state index contributed by atoms with van der Waals surface area (Å²) in [6.07, 6.45) is 2.37. The number of nitrogens with zero attached hydrogens (tertiary/aromatic N) is 2. The number of amides is 3. The molecule has 2 aromatic rings. The number of benzene rings is 1. The number of carbonyl (C=O) groups is 3. The highest BCUT2D eigenvalue weighted by atomic mass is 16.2. The van der Waals surface area contributed by atoms with Crippen molar-refractivity contribution in [1.29, 1.82) is 0 Å². The number of piperidine rings is 1. The van der Waals surface area contributed by atoms with E-state index in [4.69, 9.17) is 5.73 Å². The average molecular weight is 407 g/mol. The molecule has 1 atom stereocenters. The number of imide groups is 1. The first-order valence-corrected chi connectivity index (χ1v) is 10.2. The number of fused-ring (bicyclic) bond motifs is 1. The minimum atomic E-state index is -0.593. The zero-order valence-corrected chi connectivity index (χ0v) is 16.7. The van der Waals surface area contributed by atoms with Crippen LogP contribution in [0.25, 0.3) is 0 Å². The minimum absolute atomic E-state index is 0.159. The molecule has 3 amide bonds. The highest BCUT2D eigenvalue weighted by Gasteiger charge is 2.38. The van der Waals surface area contributed by atoms with Gasteiger partial charge >= 0.3 is 0 Å². The summed E-state index contributed by atoms with van der Waals surface area (Å²) in [7, 11) is 0. The van der Waals surface area contributed by atoms with E-state index in [2.05, 4.69) is 15.6 Å². The van der Waals surface area contributed by atoms with Crippen LogP contribution < -0.4 is 16.4 Å². The van der Waals surface area contributed by atoms with Gasteiger partial charge in [-0.25, -0.2) is 4.98 Å². The van der Waals surface area contributed by atoms with Gasteiger partial charge in [-0.3, -0.25) is 19.7 Å². The molecule has 1 unspecified atom stereocenters. The van der Waals surface area contributed by atoms with Crippen molar-refractivity contribution < 1.29 is 14.4 Å². The van der Waals surface area contributed by atoms with Crippen LogP contribution in [0, 0.1) is 0 Å². The van der Waals surface area contributed by atoms with Crippen molar-refractivity contribution in [3.63, 3.8) is 0 Å². The minimum Gasteiger partial charge on any atom is -0.366 e. The number of nitrogens with two attached hydrogens (primary N) is 1. The number of carbonyl (C=O) groups excluding carboxylic acids is 3. The smallest absolute Gasteiger partial charge is 0.255 e. The van der Waals surface area contributed by atoms with Crippen LogP contribution in [0.5, 0.6) is 0 Å². The Hall–Kier alpha value is -3.26. The van der Waals surface area contributed by atoms with Gasteiger partial charge in [0.2, 0.25) is 11.8 Å². The predicted molar refractivity (Wildman–Crippen MR) is 111 cm³/mol. The van der Waals surface area contributed by atoms with Gasteiger partial charge in [0, 0.05) is 30.8 Å². The summed E-state index contributed by atoms with van der Waals surface area (Å²) in [6, 6.07) is 11.0. The lowest BCUT2D eigenvalue weighted by atomic mass is 10.0. The third kappa shape index (κ3) is 4.18. The first kappa shape index (κ1) is 20.0. The molecule has 0 aliphatic carbocycles. The number of pyridine rings is 1. The molecule has 8 nitrogen and oxygen atoms in total. The first-order chi connectivity index (χ1) is 14.5. The Morgan fingerprint density at radius 3 is 2.87 bits per heavy atom. The summed E-state index contributed by atoms with van der Waals surface area (Å²) >= 11 is 0. The Labute approximate surface area is 174 Å². The Balaban J connectivity index is 1.42. The Morgan fingerprint density at radius 1 is 1.20 bits per heavy atom. The van der Waals surface area contributed by atoms with Crippen molar-refractivity contribution in [1.82, 2.24) is 15.2 Å². The summed E-state index contributed by atoms with van der Waals surface area (Å²) in [5, 5.41) is 5.65. The van der Waals surface area contributed by atoms with E-state index < -0.39 is 11.9 Å². The molecule has 4 rings (SSSR count).